The van der Waals surface area contributed by atoms with E-state index < -0.39 is 0 Å². The Morgan fingerprint density at radius 2 is 2.00 bits per heavy atom. The molecule has 0 radical (unpaired) electrons. The van der Waals surface area contributed by atoms with Crippen molar-refractivity contribution in [2.45, 2.75) is 31.9 Å². The lowest BCUT2D eigenvalue weighted by molar-refractivity contribution is 0.00564. The number of ether oxygens (including phenoxy) is 1. The standard InChI is InChI=1S/C15H22Cl2N2O/c16-14-4-1-3-12(15(14)17)11-19-8-5-13(6-9-19)20-10-2-7-18/h1,3-4,13H,2,5-11,18H2. The molecule has 1 fully saturated rings. The molecule has 0 aromatic heterocycles. The summed E-state index contributed by atoms with van der Waals surface area (Å²) in [7, 11) is 0. The van der Waals surface area contributed by atoms with Crippen LogP contribution >= 0.6 is 23.2 Å². The summed E-state index contributed by atoms with van der Waals surface area (Å²) in [6.07, 6.45) is 3.47. The van der Waals surface area contributed by atoms with Gasteiger partial charge >= 0.3 is 0 Å². The first-order valence-corrected chi connectivity index (χ1v) is 7.93. The molecule has 1 saturated heterocycles. The lowest BCUT2D eigenvalue weighted by Crippen LogP contribution is -2.36. The Hall–Kier alpha value is -0.320. The molecule has 112 valence electrons. The van der Waals surface area contributed by atoms with Crippen LogP contribution in [-0.4, -0.2) is 37.2 Å². The van der Waals surface area contributed by atoms with Gasteiger partial charge in [-0.15, -0.1) is 0 Å². The maximum Gasteiger partial charge on any atom is 0.0637 e. The number of nitrogens with two attached hydrogens (primary N) is 1. The average molecular weight is 317 g/mol. The van der Waals surface area contributed by atoms with Gasteiger partial charge in [0.25, 0.3) is 0 Å². The summed E-state index contributed by atoms with van der Waals surface area (Å²) in [5.74, 6) is 0. The van der Waals surface area contributed by atoms with Crippen LogP contribution in [-0.2, 0) is 11.3 Å². The largest absolute Gasteiger partial charge is 0.378 e. The van der Waals surface area contributed by atoms with Gasteiger partial charge in [0.05, 0.1) is 16.1 Å². The van der Waals surface area contributed by atoms with Gasteiger partial charge in [-0.05, 0) is 37.4 Å². The maximum atomic E-state index is 6.23. The molecule has 1 heterocycles. The quantitative estimate of drug-likeness (QED) is 0.818. The van der Waals surface area contributed by atoms with Crippen LogP contribution < -0.4 is 5.73 Å². The Balaban J connectivity index is 1.78. The molecule has 0 bridgehead atoms. The maximum absolute atomic E-state index is 6.23. The summed E-state index contributed by atoms with van der Waals surface area (Å²) < 4.78 is 5.81. The van der Waals surface area contributed by atoms with E-state index >= 15 is 0 Å². The van der Waals surface area contributed by atoms with E-state index in [0.29, 0.717) is 22.7 Å². The smallest absolute Gasteiger partial charge is 0.0637 e. The zero-order valence-corrected chi connectivity index (χ0v) is 13.2. The van der Waals surface area contributed by atoms with E-state index in [9.17, 15) is 0 Å². The lowest BCUT2D eigenvalue weighted by atomic mass is 10.1. The summed E-state index contributed by atoms with van der Waals surface area (Å²) in [6, 6.07) is 5.81. The third-order valence-electron chi connectivity index (χ3n) is 3.66. The minimum Gasteiger partial charge on any atom is -0.378 e. The molecule has 2 N–H and O–H groups in total. The van der Waals surface area contributed by atoms with E-state index in [1.165, 1.54) is 0 Å². The average Bonchev–Trinajstić information content (AvgIpc) is 2.46. The fourth-order valence-corrected chi connectivity index (χ4v) is 2.86. The highest BCUT2D eigenvalue weighted by atomic mass is 35.5. The molecule has 1 aromatic rings. The zero-order valence-electron chi connectivity index (χ0n) is 11.7. The van der Waals surface area contributed by atoms with Crippen LogP contribution in [0.4, 0.5) is 0 Å². The SMILES string of the molecule is NCCCOC1CCN(Cc2cccc(Cl)c2Cl)CC1. The van der Waals surface area contributed by atoms with Gasteiger partial charge in [0.2, 0.25) is 0 Å². The number of hydrogen-bond donors (Lipinski definition) is 1. The first kappa shape index (κ1) is 16.1. The van der Waals surface area contributed by atoms with E-state index in [4.69, 9.17) is 33.7 Å². The van der Waals surface area contributed by atoms with Crippen LogP contribution in [0.1, 0.15) is 24.8 Å². The molecular weight excluding hydrogens is 295 g/mol. The van der Waals surface area contributed by atoms with Crippen molar-refractivity contribution in [3.8, 4) is 0 Å². The van der Waals surface area contributed by atoms with Gasteiger partial charge in [-0.1, -0.05) is 35.3 Å². The van der Waals surface area contributed by atoms with Crippen molar-refractivity contribution in [3.05, 3.63) is 33.8 Å². The summed E-state index contributed by atoms with van der Waals surface area (Å²) in [4.78, 5) is 2.40. The van der Waals surface area contributed by atoms with Crippen molar-refractivity contribution in [2.75, 3.05) is 26.2 Å². The molecule has 0 spiro atoms. The van der Waals surface area contributed by atoms with Crippen molar-refractivity contribution in [1.82, 2.24) is 4.90 Å². The zero-order chi connectivity index (χ0) is 14.4. The van der Waals surface area contributed by atoms with E-state index in [-0.39, 0.29) is 0 Å². The van der Waals surface area contributed by atoms with Crippen molar-refractivity contribution in [2.24, 2.45) is 5.73 Å². The second-order valence-corrected chi connectivity index (χ2v) is 5.99. The van der Waals surface area contributed by atoms with Crippen LogP contribution in [0.25, 0.3) is 0 Å². The third kappa shape index (κ3) is 4.61. The Bertz CT molecular complexity index is 420. The molecule has 1 aliphatic heterocycles. The number of rotatable bonds is 6. The van der Waals surface area contributed by atoms with E-state index in [1.807, 2.05) is 18.2 Å². The molecule has 1 aromatic carbocycles. The first-order valence-electron chi connectivity index (χ1n) is 7.17. The fraction of sp³-hybridized carbons (Fsp3) is 0.600. The molecule has 0 amide bonds. The Labute approximate surface area is 131 Å². The Morgan fingerprint density at radius 1 is 1.25 bits per heavy atom. The van der Waals surface area contributed by atoms with Crippen molar-refractivity contribution in [3.63, 3.8) is 0 Å². The highest BCUT2D eigenvalue weighted by Crippen LogP contribution is 2.27. The molecule has 2 rings (SSSR count). The number of piperidine rings is 1. The molecule has 0 saturated carbocycles. The monoisotopic (exact) mass is 316 g/mol. The molecule has 0 unspecified atom stereocenters. The number of halogens is 2. The summed E-state index contributed by atoms with van der Waals surface area (Å²) in [5, 5.41) is 1.31. The molecule has 0 atom stereocenters. The normalized spacial score (nSPS) is 17.6. The highest BCUT2D eigenvalue weighted by molar-refractivity contribution is 6.42. The van der Waals surface area contributed by atoms with Crippen LogP contribution in [0.15, 0.2) is 18.2 Å². The van der Waals surface area contributed by atoms with Gasteiger partial charge in [-0.3, -0.25) is 4.90 Å². The second-order valence-electron chi connectivity index (χ2n) is 5.20. The van der Waals surface area contributed by atoms with Crippen LogP contribution in [0.2, 0.25) is 10.0 Å². The minimum absolute atomic E-state index is 0.382. The van der Waals surface area contributed by atoms with Gasteiger partial charge in [-0.25, -0.2) is 0 Å². The van der Waals surface area contributed by atoms with Gasteiger partial charge in [0, 0.05) is 26.2 Å². The predicted octanol–water partition coefficient (Wildman–Crippen LogP) is 3.32. The summed E-state index contributed by atoms with van der Waals surface area (Å²) >= 11 is 12.3. The number of benzene rings is 1. The first-order chi connectivity index (χ1) is 9.70. The van der Waals surface area contributed by atoms with E-state index in [1.54, 1.807) is 0 Å². The van der Waals surface area contributed by atoms with Crippen molar-refractivity contribution >= 4 is 23.2 Å². The number of hydrogen-bond acceptors (Lipinski definition) is 3. The lowest BCUT2D eigenvalue weighted by Gasteiger charge is -2.32. The number of likely N-dealkylation sites (tertiary alicyclic amines) is 1. The molecule has 3 nitrogen and oxygen atoms in total. The molecule has 1 aliphatic rings. The third-order valence-corrected chi connectivity index (χ3v) is 4.52. The summed E-state index contributed by atoms with van der Waals surface area (Å²) in [6.45, 7) is 4.41. The highest BCUT2D eigenvalue weighted by Gasteiger charge is 2.20. The molecular formula is C15H22Cl2N2O. The Kier molecular flexibility index (Phi) is 6.59. The van der Waals surface area contributed by atoms with Crippen molar-refractivity contribution < 1.29 is 4.74 Å². The van der Waals surface area contributed by atoms with Gasteiger partial charge in [0.15, 0.2) is 0 Å². The predicted molar refractivity (Wildman–Crippen MR) is 84.4 cm³/mol. The van der Waals surface area contributed by atoms with Gasteiger partial charge in [0.1, 0.15) is 0 Å². The van der Waals surface area contributed by atoms with Crippen LogP contribution in [0.3, 0.4) is 0 Å². The minimum atomic E-state index is 0.382. The van der Waals surface area contributed by atoms with Crippen LogP contribution in [0, 0.1) is 0 Å². The topological polar surface area (TPSA) is 38.5 Å². The molecule has 5 heteroatoms. The van der Waals surface area contributed by atoms with Crippen LogP contribution in [0.5, 0.6) is 0 Å². The number of nitrogens with zero attached hydrogens (tertiary/aromatic N) is 1. The Morgan fingerprint density at radius 3 is 2.70 bits per heavy atom. The van der Waals surface area contributed by atoms with Gasteiger partial charge in [-0.2, -0.15) is 0 Å². The molecule has 20 heavy (non-hydrogen) atoms. The van der Waals surface area contributed by atoms with Gasteiger partial charge < -0.3 is 10.5 Å². The van der Waals surface area contributed by atoms with E-state index in [0.717, 1.165) is 51.1 Å². The summed E-state index contributed by atoms with van der Waals surface area (Å²) in [5.41, 5.74) is 6.57. The second kappa shape index (κ2) is 8.20. The van der Waals surface area contributed by atoms with E-state index in [2.05, 4.69) is 4.90 Å². The fourth-order valence-electron chi connectivity index (χ4n) is 2.48. The molecule has 0 aliphatic carbocycles. The van der Waals surface area contributed by atoms with Crippen molar-refractivity contribution in [1.29, 1.82) is 0 Å².